The second-order valence-electron chi connectivity index (χ2n) is 8.10. The van der Waals surface area contributed by atoms with Crippen molar-refractivity contribution >= 4 is 38.9 Å². The van der Waals surface area contributed by atoms with E-state index in [4.69, 9.17) is 4.99 Å². The summed E-state index contributed by atoms with van der Waals surface area (Å²) in [6.45, 7) is 0.783. The highest BCUT2D eigenvalue weighted by Gasteiger charge is 2.50. The molecule has 3 aromatic rings. The van der Waals surface area contributed by atoms with Crippen molar-refractivity contribution in [3.63, 3.8) is 0 Å². The molecule has 1 saturated heterocycles. The lowest BCUT2D eigenvalue weighted by Gasteiger charge is -2.29. The molecule has 1 amide bonds. The zero-order chi connectivity index (χ0) is 23.9. The van der Waals surface area contributed by atoms with E-state index >= 15 is 0 Å². The molecule has 3 aromatic carbocycles. The van der Waals surface area contributed by atoms with Gasteiger partial charge in [-0.15, -0.1) is 0 Å². The predicted octanol–water partition coefficient (Wildman–Crippen LogP) is 6.12. The Morgan fingerprint density at radius 1 is 0.853 bits per heavy atom. The fraction of sp³-hybridized carbons (Fsp3) is 0.192. The normalized spacial score (nSPS) is 20.5. The van der Waals surface area contributed by atoms with Gasteiger partial charge >= 0.3 is 6.18 Å². The highest BCUT2D eigenvalue weighted by molar-refractivity contribution is 9.10. The van der Waals surface area contributed by atoms with Crippen molar-refractivity contribution in [2.24, 2.45) is 15.9 Å². The highest BCUT2D eigenvalue weighted by atomic mass is 79.9. The maximum Gasteiger partial charge on any atom is 0.416 e. The Morgan fingerprint density at radius 2 is 1.53 bits per heavy atom. The fourth-order valence-corrected chi connectivity index (χ4v) is 4.82. The first kappa shape index (κ1) is 22.5. The van der Waals surface area contributed by atoms with Crippen molar-refractivity contribution in [2.45, 2.75) is 12.2 Å². The number of fused-ring (bicyclic) bond motifs is 1. The molecular formula is C26H19BrF3N3O. The molecule has 0 bridgehead atoms. The Kier molecular flexibility index (Phi) is 5.85. The number of amides is 1. The fourth-order valence-electron chi connectivity index (χ4n) is 4.56. The Balaban J connectivity index is 1.71. The lowest BCUT2D eigenvalue weighted by atomic mass is 9.85. The van der Waals surface area contributed by atoms with Gasteiger partial charge in [0.05, 0.1) is 36.3 Å². The number of aliphatic imine (C=N–C) groups is 2. The Morgan fingerprint density at radius 3 is 2.21 bits per heavy atom. The summed E-state index contributed by atoms with van der Waals surface area (Å²) in [7, 11) is 0. The second kappa shape index (κ2) is 8.83. The molecule has 2 aliphatic rings. The van der Waals surface area contributed by atoms with Crippen molar-refractivity contribution in [3.05, 3.63) is 100 Å². The van der Waals surface area contributed by atoms with Crippen molar-refractivity contribution in [1.29, 1.82) is 0 Å². The van der Waals surface area contributed by atoms with Crippen molar-refractivity contribution < 1.29 is 18.0 Å². The number of hydrogen-bond donors (Lipinski definition) is 0. The number of carbonyl (C=O) groups excluding carboxylic acids is 1. The third-order valence-electron chi connectivity index (χ3n) is 6.02. The molecule has 5 rings (SSSR count). The number of benzene rings is 3. The van der Waals surface area contributed by atoms with Crippen LogP contribution in [0.4, 0.5) is 18.9 Å². The zero-order valence-corrected chi connectivity index (χ0v) is 19.4. The molecule has 2 heterocycles. The molecule has 172 valence electrons. The zero-order valence-electron chi connectivity index (χ0n) is 17.8. The van der Waals surface area contributed by atoms with Gasteiger partial charge in [0.1, 0.15) is 5.71 Å². The summed E-state index contributed by atoms with van der Waals surface area (Å²) < 4.78 is 41.4. The molecule has 0 radical (unpaired) electrons. The first-order valence-electron chi connectivity index (χ1n) is 10.7. The quantitative estimate of drug-likeness (QED) is 0.406. The molecule has 2 aliphatic heterocycles. The summed E-state index contributed by atoms with van der Waals surface area (Å²) in [6.07, 6.45) is -4.52. The van der Waals surface area contributed by atoms with Gasteiger partial charge in [0.25, 0.3) is 5.91 Å². The van der Waals surface area contributed by atoms with Gasteiger partial charge in [-0.25, -0.2) is 0 Å². The van der Waals surface area contributed by atoms with Crippen LogP contribution in [0.5, 0.6) is 0 Å². The Labute approximate surface area is 203 Å². The van der Waals surface area contributed by atoms with Crippen molar-refractivity contribution in [1.82, 2.24) is 0 Å². The predicted molar refractivity (Wildman–Crippen MR) is 129 cm³/mol. The summed E-state index contributed by atoms with van der Waals surface area (Å²) in [4.78, 5) is 24.5. The topological polar surface area (TPSA) is 45.0 Å². The first-order chi connectivity index (χ1) is 16.3. The van der Waals surface area contributed by atoms with Crippen molar-refractivity contribution in [2.75, 3.05) is 18.0 Å². The average Bonchev–Trinajstić information content (AvgIpc) is 2.97. The summed E-state index contributed by atoms with van der Waals surface area (Å²) >= 11 is 3.43. The Bertz CT molecular complexity index is 1290. The van der Waals surface area contributed by atoms with Gasteiger partial charge in [0.2, 0.25) is 0 Å². The molecule has 1 fully saturated rings. The van der Waals surface area contributed by atoms with Gasteiger partial charge in [0, 0.05) is 10.2 Å². The number of alkyl halides is 3. The van der Waals surface area contributed by atoms with Gasteiger partial charge in [0.15, 0.2) is 0 Å². The van der Waals surface area contributed by atoms with E-state index in [-0.39, 0.29) is 5.69 Å². The molecule has 0 aromatic heterocycles. The van der Waals surface area contributed by atoms with Crippen LogP contribution in [-0.4, -0.2) is 30.4 Å². The van der Waals surface area contributed by atoms with Crippen molar-refractivity contribution in [3.8, 4) is 0 Å². The lowest BCUT2D eigenvalue weighted by molar-refractivity contribution is -0.137. The van der Waals surface area contributed by atoms with E-state index in [1.165, 1.54) is 17.0 Å². The highest BCUT2D eigenvalue weighted by Crippen LogP contribution is 2.44. The number of nitrogens with zero attached hydrogens (tertiary/aromatic N) is 3. The van der Waals surface area contributed by atoms with Crippen LogP contribution in [0.1, 0.15) is 22.7 Å². The van der Waals surface area contributed by atoms with Gasteiger partial charge in [-0.3, -0.25) is 19.7 Å². The van der Waals surface area contributed by atoms with Crippen LogP contribution in [-0.2, 0) is 11.0 Å². The monoisotopic (exact) mass is 525 g/mol. The number of rotatable bonds is 3. The SMILES string of the molecule is O=C1C2=NCCN=C(c3ccccc3)C2[C@@H](c2ccc(Br)cc2)N1c1cccc(C(F)(F)F)c1. The van der Waals surface area contributed by atoms with Crippen LogP contribution in [0, 0.1) is 5.92 Å². The standard InChI is InChI=1S/C26H19BrF3N3O/c27-19-11-9-17(10-12-19)24-21-22(16-5-2-1-3-6-16)31-13-14-32-23(21)25(34)33(24)20-8-4-7-18(15-20)26(28,29)30/h1-12,15,21,24H,13-14H2/t21?,24-/m1/s1. The van der Waals surface area contributed by atoms with Crippen LogP contribution in [0.15, 0.2) is 93.3 Å². The Hall–Kier alpha value is -3.26. The number of halogens is 4. The molecule has 0 spiro atoms. The largest absolute Gasteiger partial charge is 0.416 e. The third-order valence-corrected chi connectivity index (χ3v) is 6.55. The molecular weight excluding hydrogens is 507 g/mol. The molecule has 0 aliphatic carbocycles. The van der Waals surface area contributed by atoms with Crippen LogP contribution in [0.25, 0.3) is 0 Å². The van der Waals surface area contributed by atoms with E-state index in [9.17, 15) is 18.0 Å². The lowest BCUT2D eigenvalue weighted by Crippen LogP contribution is -2.31. The smallest absolute Gasteiger partial charge is 0.299 e. The minimum absolute atomic E-state index is 0.177. The molecule has 8 heteroatoms. The first-order valence-corrected chi connectivity index (χ1v) is 11.5. The number of hydrogen-bond acceptors (Lipinski definition) is 3. The minimum atomic E-state index is -4.52. The summed E-state index contributed by atoms with van der Waals surface area (Å²) in [5.41, 5.74) is 2.06. The van der Waals surface area contributed by atoms with E-state index in [0.717, 1.165) is 27.7 Å². The van der Waals surface area contributed by atoms with Gasteiger partial charge in [-0.1, -0.05) is 64.5 Å². The molecule has 34 heavy (non-hydrogen) atoms. The van der Waals surface area contributed by atoms with E-state index < -0.39 is 29.6 Å². The third kappa shape index (κ3) is 4.07. The van der Waals surface area contributed by atoms with Gasteiger partial charge in [-0.2, -0.15) is 13.2 Å². The summed E-state index contributed by atoms with van der Waals surface area (Å²) in [6, 6.07) is 21.3. The molecule has 4 nitrogen and oxygen atoms in total. The minimum Gasteiger partial charge on any atom is -0.299 e. The second-order valence-corrected chi connectivity index (χ2v) is 9.01. The molecule has 2 atom stereocenters. The van der Waals surface area contributed by atoms with Gasteiger partial charge < -0.3 is 0 Å². The average molecular weight is 526 g/mol. The summed E-state index contributed by atoms with van der Waals surface area (Å²) in [5, 5.41) is 0. The van der Waals surface area contributed by atoms with Crippen LogP contribution in [0.3, 0.4) is 0 Å². The van der Waals surface area contributed by atoms with E-state index in [1.807, 2.05) is 54.6 Å². The van der Waals surface area contributed by atoms with Crippen LogP contribution >= 0.6 is 15.9 Å². The maximum atomic E-state index is 13.7. The van der Waals surface area contributed by atoms with E-state index in [0.29, 0.717) is 24.5 Å². The molecule has 0 saturated carbocycles. The van der Waals surface area contributed by atoms with Crippen LogP contribution < -0.4 is 4.90 Å². The molecule has 1 unspecified atom stereocenters. The summed E-state index contributed by atoms with van der Waals surface area (Å²) in [5.74, 6) is -0.920. The number of carbonyl (C=O) groups is 1. The van der Waals surface area contributed by atoms with E-state index in [1.54, 1.807) is 0 Å². The molecule has 0 N–H and O–H groups in total. The number of anilines is 1. The maximum absolute atomic E-state index is 13.7. The van der Waals surface area contributed by atoms with E-state index in [2.05, 4.69) is 20.9 Å². The van der Waals surface area contributed by atoms with Gasteiger partial charge in [-0.05, 0) is 41.5 Å². The van der Waals surface area contributed by atoms with Crippen LogP contribution in [0.2, 0.25) is 0 Å².